The Hall–Kier alpha value is -2.83. The topological polar surface area (TPSA) is 60.0 Å². The Balaban J connectivity index is 1.79. The summed E-state index contributed by atoms with van der Waals surface area (Å²) in [5.74, 6) is 1.51. The van der Waals surface area contributed by atoms with Gasteiger partial charge in [0.15, 0.2) is 11.5 Å². The Kier molecular flexibility index (Phi) is 9.34. The predicted octanol–water partition coefficient (Wildman–Crippen LogP) is 4.31. The fourth-order valence-electron chi connectivity index (χ4n) is 4.00. The summed E-state index contributed by atoms with van der Waals surface area (Å²) in [6.45, 7) is 6.90. The average Bonchev–Trinajstić information content (AvgIpc) is 3.26. The van der Waals surface area contributed by atoms with E-state index in [0.717, 1.165) is 25.9 Å². The second-order valence-corrected chi connectivity index (χ2v) is 8.59. The first kappa shape index (κ1) is 24.8. The molecule has 3 rings (SSSR count). The van der Waals surface area contributed by atoms with Crippen LogP contribution < -0.4 is 14.8 Å². The van der Waals surface area contributed by atoms with Gasteiger partial charge in [0.2, 0.25) is 0 Å². The van der Waals surface area contributed by atoms with Crippen LogP contribution in [0.25, 0.3) is 0 Å². The van der Waals surface area contributed by atoms with E-state index in [2.05, 4.69) is 29.6 Å². The molecule has 1 fully saturated rings. The van der Waals surface area contributed by atoms with Crippen LogP contribution in [0.2, 0.25) is 0 Å². The van der Waals surface area contributed by atoms with E-state index in [4.69, 9.17) is 14.2 Å². The number of amides is 1. The number of carbonyl (C=O) groups excluding carboxylic acids is 1. The molecule has 0 bridgehead atoms. The highest BCUT2D eigenvalue weighted by molar-refractivity contribution is 5.95. The van der Waals surface area contributed by atoms with Gasteiger partial charge < -0.3 is 24.4 Å². The van der Waals surface area contributed by atoms with E-state index >= 15 is 0 Å². The van der Waals surface area contributed by atoms with Gasteiger partial charge in [-0.05, 0) is 55.5 Å². The van der Waals surface area contributed by atoms with E-state index in [-0.39, 0.29) is 11.9 Å². The van der Waals surface area contributed by atoms with Crippen molar-refractivity contribution in [1.82, 2.24) is 10.2 Å². The molecule has 2 aromatic carbocycles. The lowest BCUT2D eigenvalue weighted by molar-refractivity contribution is 0.0785. The van der Waals surface area contributed by atoms with Gasteiger partial charge in [0.25, 0.3) is 5.91 Å². The van der Waals surface area contributed by atoms with Crippen LogP contribution in [-0.2, 0) is 11.2 Å². The molecule has 6 heteroatoms. The summed E-state index contributed by atoms with van der Waals surface area (Å²) < 4.78 is 16.4. The average molecular weight is 453 g/mol. The second-order valence-electron chi connectivity index (χ2n) is 8.59. The second kappa shape index (κ2) is 12.4. The van der Waals surface area contributed by atoms with E-state index in [0.29, 0.717) is 36.2 Å². The van der Waals surface area contributed by atoms with E-state index in [1.54, 1.807) is 32.4 Å². The van der Waals surface area contributed by atoms with Gasteiger partial charge in [-0.2, -0.15) is 0 Å². The number of nitrogens with one attached hydrogen (secondary N) is 1. The summed E-state index contributed by atoms with van der Waals surface area (Å²) in [4.78, 5) is 15.3. The lowest BCUT2D eigenvalue weighted by Gasteiger charge is -2.25. The maximum Gasteiger partial charge on any atom is 0.258 e. The zero-order chi connectivity index (χ0) is 23.6. The van der Waals surface area contributed by atoms with Crippen LogP contribution in [0, 0.1) is 5.92 Å². The molecule has 0 spiro atoms. The van der Waals surface area contributed by atoms with Gasteiger partial charge in [0.05, 0.1) is 13.7 Å². The molecule has 0 saturated carbocycles. The van der Waals surface area contributed by atoms with Gasteiger partial charge >= 0.3 is 0 Å². The van der Waals surface area contributed by atoms with Crippen molar-refractivity contribution in [2.24, 2.45) is 5.92 Å². The fraction of sp³-hybridized carbons (Fsp3) is 0.444. The normalized spacial score (nSPS) is 16.9. The van der Waals surface area contributed by atoms with E-state index in [1.165, 1.54) is 11.1 Å². The van der Waals surface area contributed by atoms with Gasteiger partial charge in [0.1, 0.15) is 0 Å². The highest BCUT2D eigenvalue weighted by Gasteiger charge is 2.25. The molecule has 1 saturated heterocycles. The Morgan fingerprint density at radius 1 is 1.12 bits per heavy atom. The number of benzene rings is 2. The molecule has 1 atom stereocenters. The molecule has 2 aromatic rings. The number of rotatable bonds is 11. The third-order valence-electron chi connectivity index (χ3n) is 5.83. The van der Waals surface area contributed by atoms with Crippen molar-refractivity contribution in [1.29, 1.82) is 0 Å². The molecule has 33 heavy (non-hydrogen) atoms. The number of hydrogen-bond donors (Lipinski definition) is 1. The Labute approximate surface area is 197 Å². The minimum Gasteiger partial charge on any atom is -0.493 e. The highest BCUT2D eigenvalue weighted by Crippen LogP contribution is 2.30. The first-order valence-electron chi connectivity index (χ1n) is 11.6. The molecule has 0 aliphatic carbocycles. The third-order valence-corrected chi connectivity index (χ3v) is 5.83. The highest BCUT2D eigenvalue weighted by atomic mass is 16.5. The third kappa shape index (κ3) is 6.83. The van der Waals surface area contributed by atoms with Crippen molar-refractivity contribution in [3.8, 4) is 11.5 Å². The first-order chi connectivity index (χ1) is 16.0. The van der Waals surface area contributed by atoms with Gasteiger partial charge in [-0.15, -0.1) is 0 Å². The van der Waals surface area contributed by atoms with Gasteiger partial charge in [-0.1, -0.05) is 30.3 Å². The van der Waals surface area contributed by atoms with Gasteiger partial charge in [-0.3, -0.25) is 4.79 Å². The maximum absolute atomic E-state index is 13.5. The molecular formula is C27H36N2O4. The minimum atomic E-state index is -0.0488. The summed E-state index contributed by atoms with van der Waals surface area (Å²) in [5, 5.41) is 3.47. The molecular weight excluding hydrogens is 416 g/mol. The predicted molar refractivity (Wildman–Crippen MR) is 131 cm³/mol. The van der Waals surface area contributed by atoms with Crippen molar-refractivity contribution >= 4 is 5.91 Å². The monoisotopic (exact) mass is 452 g/mol. The van der Waals surface area contributed by atoms with Crippen LogP contribution in [0.15, 0.2) is 60.3 Å². The standard InChI is InChI=1S/C27H36N2O4/c1-20(2)29(19-24-18-28-17-23(24)15-21-9-6-5-7-10-21)27(30)22-11-12-25(32-4)26(16-22)33-14-8-13-31-3/h5-7,9-12,16,19-20,23,28H,8,13-15,17-18H2,1-4H3/b24-19+/t23-/m0/s1. The zero-order valence-corrected chi connectivity index (χ0v) is 20.2. The SMILES string of the molecule is COCCCOc1cc(C(=O)N(/C=C2\CNC[C@@H]2Cc2ccccc2)C(C)C)ccc1OC. The van der Waals surface area contributed by atoms with Crippen LogP contribution in [0.5, 0.6) is 11.5 Å². The zero-order valence-electron chi connectivity index (χ0n) is 20.2. The number of carbonyl (C=O) groups is 1. The molecule has 1 N–H and O–H groups in total. The van der Waals surface area contributed by atoms with Crippen LogP contribution in [-0.4, -0.2) is 57.4 Å². The quantitative estimate of drug-likeness (QED) is 0.515. The summed E-state index contributed by atoms with van der Waals surface area (Å²) in [7, 11) is 3.27. The molecule has 0 radical (unpaired) electrons. The van der Waals surface area contributed by atoms with Crippen LogP contribution in [0.1, 0.15) is 36.2 Å². The van der Waals surface area contributed by atoms with Gasteiger partial charge in [-0.25, -0.2) is 0 Å². The van der Waals surface area contributed by atoms with Crippen LogP contribution in [0.4, 0.5) is 0 Å². The van der Waals surface area contributed by atoms with Crippen molar-refractivity contribution < 1.29 is 19.0 Å². The molecule has 0 aromatic heterocycles. The van der Waals surface area contributed by atoms with Crippen molar-refractivity contribution in [3.63, 3.8) is 0 Å². The summed E-state index contributed by atoms with van der Waals surface area (Å²) >= 11 is 0. The number of ether oxygens (including phenoxy) is 3. The maximum atomic E-state index is 13.5. The minimum absolute atomic E-state index is 0.0242. The molecule has 6 nitrogen and oxygen atoms in total. The molecule has 1 aliphatic heterocycles. The summed E-state index contributed by atoms with van der Waals surface area (Å²) in [6.07, 6.45) is 3.77. The largest absolute Gasteiger partial charge is 0.493 e. The van der Waals surface area contributed by atoms with Crippen molar-refractivity contribution in [2.75, 3.05) is 40.5 Å². The molecule has 1 aliphatic rings. The van der Waals surface area contributed by atoms with E-state index in [1.807, 2.05) is 31.0 Å². The van der Waals surface area contributed by atoms with E-state index in [9.17, 15) is 4.79 Å². The number of nitrogens with zero attached hydrogens (tertiary/aromatic N) is 1. The van der Waals surface area contributed by atoms with Gasteiger partial charge in [0, 0.05) is 51.0 Å². The first-order valence-corrected chi connectivity index (χ1v) is 11.6. The lowest BCUT2D eigenvalue weighted by atomic mass is 9.95. The van der Waals surface area contributed by atoms with Crippen molar-refractivity contribution in [2.45, 2.75) is 32.7 Å². The Morgan fingerprint density at radius 2 is 1.91 bits per heavy atom. The molecule has 0 unspecified atom stereocenters. The molecule has 1 heterocycles. The summed E-state index contributed by atoms with van der Waals surface area (Å²) in [6, 6.07) is 15.9. The van der Waals surface area contributed by atoms with Crippen LogP contribution >= 0.6 is 0 Å². The smallest absolute Gasteiger partial charge is 0.258 e. The molecule has 178 valence electrons. The lowest BCUT2D eigenvalue weighted by Crippen LogP contribution is -2.33. The molecule has 1 amide bonds. The number of methoxy groups -OCH3 is 2. The Morgan fingerprint density at radius 3 is 2.61 bits per heavy atom. The summed E-state index contributed by atoms with van der Waals surface area (Å²) in [5.41, 5.74) is 3.14. The van der Waals surface area contributed by atoms with Crippen LogP contribution in [0.3, 0.4) is 0 Å². The Bertz CT molecular complexity index is 927. The van der Waals surface area contributed by atoms with Crippen molar-refractivity contribution in [3.05, 3.63) is 71.4 Å². The van der Waals surface area contributed by atoms with E-state index < -0.39 is 0 Å². The number of hydrogen-bond acceptors (Lipinski definition) is 5. The fourth-order valence-corrected chi connectivity index (χ4v) is 4.00.